The topological polar surface area (TPSA) is 46.2 Å². The van der Waals surface area contributed by atoms with Gasteiger partial charge in [0, 0.05) is 10.9 Å². The van der Waals surface area contributed by atoms with Crippen LogP contribution >= 0.6 is 0 Å². The lowest BCUT2D eigenvalue weighted by atomic mass is 10.4. The molecule has 0 fully saturated rings. The highest BCUT2D eigenvalue weighted by Gasteiger charge is 2.11. The van der Waals surface area contributed by atoms with Gasteiger partial charge in [-0.25, -0.2) is 13.1 Å². The van der Waals surface area contributed by atoms with Gasteiger partial charge in [0.1, 0.15) is 0 Å². The minimum Gasteiger partial charge on any atom is -0.209 e. The Balaban J connectivity index is 4.31. The minimum absolute atomic E-state index is 0.0679. The van der Waals surface area contributed by atoms with Gasteiger partial charge in [-0.3, -0.25) is 0 Å². The highest BCUT2D eigenvalue weighted by molar-refractivity contribution is 7.93. The molecule has 0 aliphatic heterocycles. The molecule has 0 bridgehead atoms. The molecule has 0 saturated carbocycles. The Kier molecular flexibility index (Phi) is 3.05. The first-order valence-electron chi connectivity index (χ1n) is 3.04. The van der Waals surface area contributed by atoms with E-state index in [9.17, 15) is 8.42 Å². The minimum atomic E-state index is -3.24. The van der Waals surface area contributed by atoms with Gasteiger partial charge in [-0.2, -0.15) is 0 Å². The van der Waals surface area contributed by atoms with Gasteiger partial charge in [-0.1, -0.05) is 6.58 Å². The summed E-state index contributed by atoms with van der Waals surface area (Å²) < 4.78 is 24.3. The van der Waals surface area contributed by atoms with Crippen molar-refractivity contribution in [1.82, 2.24) is 4.72 Å². The van der Waals surface area contributed by atoms with Gasteiger partial charge in [-0.05, 0) is 20.8 Å². The fourth-order valence-electron chi connectivity index (χ4n) is 0.411. The Bertz CT molecular complexity index is 216. The molecule has 60 valence electrons. The number of hydrogen-bond donors (Lipinski definition) is 1. The van der Waals surface area contributed by atoms with E-state index in [-0.39, 0.29) is 10.9 Å². The molecule has 1 N–H and O–H groups in total. The van der Waals surface area contributed by atoms with Crippen LogP contribution in [0.25, 0.3) is 0 Å². The van der Waals surface area contributed by atoms with Crippen molar-refractivity contribution in [2.75, 3.05) is 0 Å². The molecule has 0 aliphatic rings. The number of hydrogen-bond acceptors (Lipinski definition) is 2. The van der Waals surface area contributed by atoms with E-state index in [2.05, 4.69) is 11.3 Å². The highest BCUT2D eigenvalue weighted by Crippen LogP contribution is 1.99. The first-order chi connectivity index (χ1) is 4.36. The SMILES string of the molecule is C=C(C)S(=O)(=O)NC(C)C. The zero-order chi connectivity index (χ0) is 8.36. The Labute approximate surface area is 62.2 Å². The molecule has 0 aromatic heterocycles. The molecule has 4 heteroatoms. The van der Waals surface area contributed by atoms with E-state index in [1.54, 1.807) is 13.8 Å². The molecule has 0 saturated heterocycles. The first-order valence-corrected chi connectivity index (χ1v) is 4.52. The summed E-state index contributed by atoms with van der Waals surface area (Å²) in [5.74, 6) is 0. The van der Waals surface area contributed by atoms with Crippen molar-refractivity contribution in [2.45, 2.75) is 26.8 Å². The maximum absolute atomic E-state index is 10.9. The summed E-state index contributed by atoms with van der Waals surface area (Å²) in [6, 6.07) is -0.0679. The molecule has 0 radical (unpaired) electrons. The monoisotopic (exact) mass is 163 g/mol. The second-order valence-electron chi connectivity index (χ2n) is 2.48. The van der Waals surface area contributed by atoms with Crippen molar-refractivity contribution in [2.24, 2.45) is 0 Å². The molecule has 0 aromatic rings. The van der Waals surface area contributed by atoms with Crippen molar-refractivity contribution in [3.63, 3.8) is 0 Å². The van der Waals surface area contributed by atoms with E-state index in [1.807, 2.05) is 0 Å². The molecular weight excluding hydrogens is 150 g/mol. The number of nitrogens with one attached hydrogen (secondary N) is 1. The normalized spacial score (nSPS) is 12.0. The molecule has 0 rings (SSSR count). The van der Waals surface area contributed by atoms with E-state index in [0.29, 0.717) is 0 Å². The van der Waals surface area contributed by atoms with Gasteiger partial charge < -0.3 is 0 Å². The predicted octanol–water partition coefficient (Wildman–Crippen LogP) is 0.848. The van der Waals surface area contributed by atoms with Gasteiger partial charge in [0.25, 0.3) is 0 Å². The molecule has 0 amide bonds. The van der Waals surface area contributed by atoms with E-state index in [0.717, 1.165) is 0 Å². The van der Waals surface area contributed by atoms with Crippen molar-refractivity contribution >= 4 is 10.0 Å². The van der Waals surface area contributed by atoms with Crippen molar-refractivity contribution in [3.8, 4) is 0 Å². The molecule has 0 aromatic carbocycles. The molecule has 0 atom stereocenters. The molecule has 0 spiro atoms. The van der Waals surface area contributed by atoms with E-state index >= 15 is 0 Å². The number of rotatable bonds is 3. The molecule has 10 heavy (non-hydrogen) atoms. The fourth-order valence-corrected chi connectivity index (χ4v) is 1.23. The summed E-state index contributed by atoms with van der Waals surface area (Å²) >= 11 is 0. The molecule has 0 unspecified atom stereocenters. The maximum Gasteiger partial charge on any atom is 0.236 e. The largest absolute Gasteiger partial charge is 0.236 e. The van der Waals surface area contributed by atoms with Crippen molar-refractivity contribution < 1.29 is 8.42 Å². The van der Waals surface area contributed by atoms with Gasteiger partial charge in [0.05, 0.1) is 0 Å². The molecular formula is C6H13NO2S. The third kappa shape index (κ3) is 2.98. The lowest BCUT2D eigenvalue weighted by molar-refractivity contribution is 0.576. The second-order valence-corrected chi connectivity index (χ2v) is 4.42. The van der Waals surface area contributed by atoms with Gasteiger partial charge in [0.2, 0.25) is 10.0 Å². The second kappa shape index (κ2) is 3.16. The van der Waals surface area contributed by atoms with E-state index in [4.69, 9.17) is 0 Å². The first kappa shape index (κ1) is 9.65. The average molecular weight is 163 g/mol. The summed E-state index contributed by atoms with van der Waals surface area (Å²) in [6.07, 6.45) is 0. The highest BCUT2D eigenvalue weighted by atomic mass is 32.2. The smallest absolute Gasteiger partial charge is 0.209 e. The zero-order valence-electron chi connectivity index (χ0n) is 6.51. The lowest BCUT2D eigenvalue weighted by Gasteiger charge is -2.07. The van der Waals surface area contributed by atoms with Crippen molar-refractivity contribution in [3.05, 3.63) is 11.5 Å². The van der Waals surface area contributed by atoms with Crippen LogP contribution in [0.15, 0.2) is 11.5 Å². The van der Waals surface area contributed by atoms with Gasteiger partial charge in [0.15, 0.2) is 0 Å². The van der Waals surface area contributed by atoms with Gasteiger partial charge in [-0.15, -0.1) is 0 Å². The van der Waals surface area contributed by atoms with Crippen LogP contribution < -0.4 is 4.72 Å². The van der Waals surface area contributed by atoms with Crippen molar-refractivity contribution in [1.29, 1.82) is 0 Å². The molecule has 3 nitrogen and oxygen atoms in total. The van der Waals surface area contributed by atoms with Crippen LogP contribution in [0.3, 0.4) is 0 Å². The van der Waals surface area contributed by atoms with Crippen LogP contribution in [-0.2, 0) is 10.0 Å². The van der Waals surface area contributed by atoms with Crippen LogP contribution in [0.4, 0.5) is 0 Å². The predicted molar refractivity (Wildman–Crippen MR) is 42.0 cm³/mol. The summed E-state index contributed by atoms with van der Waals surface area (Å²) in [5.41, 5.74) is 0. The Morgan fingerprint density at radius 1 is 1.50 bits per heavy atom. The summed E-state index contributed by atoms with van der Waals surface area (Å²) in [5, 5.41) is 0. The third-order valence-electron chi connectivity index (χ3n) is 0.850. The van der Waals surface area contributed by atoms with E-state index in [1.165, 1.54) is 6.92 Å². The fraction of sp³-hybridized carbons (Fsp3) is 0.667. The van der Waals surface area contributed by atoms with Crippen LogP contribution in [0.5, 0.6) is 0 Å². The lowest BCUT2D eigenvalue weighted by Crippen LogP contribution is -2.30. The molecule has 0 aliphatic carbocycles. The number of sulfonamides is 1. The Morgan fingerprint density at radius 2 is 1.90 bits per heavy atom. The Morgan fingerprint density at radius 3 is 2.00 bits per heavy atom. The third-order valence-corrected chi connectivity index (χ3v) is 2.55. The van der Waals surface area contributed by atoms with Crippen LogP contribution in [0, 0.1) is 0 Å². The van der Waals surface area contributed by atoms with Gasteiger partial charge >= 0.3 is 0 Å². The Hall–Kier alpha value is -0.350. The van der Waals surface area contributed by atoms with Crippen LogP contribution in [0.1, 0.15) is 20.8 Å². The van der Waals surface area contributed by atoms with Crippen LogP contribution in [0.2, 0.25) is 0 Å². The van der Waals surface area contributed by atoms with E-state index < -0.39 is 10.0 Å². The molecule has 0 heterocycles. The van der Waals surface area contributed by atoms with Crippen LogP contribution in [-0.4, -0.2) is 14.5 Å². The standard InChI is InChI=1S/C6H13NO2S/c1-5(2)7-10(8,9)6(3)4/h5,7H,3H2,1-2,4H3. The summed E-state index contributed by atoms with van der Waals surface area (Å²) in [7, 11) is -3.24. The number of allylic oxidation sites excluding steroid dienone is 1. The average Bonchev–Trinajstić information content (AvgIpc) is 1.60. The zero-order valence-corrected chi connectivity index (χ0v) is 7.33. The maximum atomic E-state index is 10.9. The summed E-state index contributed by atoms with van der Waals surface area (Å²) in [6.45, 7) is 8.32. The summed E-state index contributed by atoms with van der Waals surface area (Å²) in [4.78, 5) is 0.154. The quantitative estimate of drug-likeness (QED) is 0.670.